The van der Waals surface area contributed by atoms with Crippen LogP contribution in [-0.2, 0) is 0 Å². The number of phenolic OH excluding ortho intramolecular Hbond substituents is 2. The van der Waals surface area contributed by atoms with E-state index in [2.05, 4.69) is 0 Å². The van der Waals surface area contributed by atoms with Crippen molar-refractivity contribution >= 4 is 46.4 Å². The summed E-state index contributed by atoms with van der Waals surface area (Å²) in [7, 11) is 0. The highest BCUT2D eigenvalue weighted by atomic mass is 35.5. The second kappa shape index (κ2) is 6.95. The standard InChI is InChI=1S/2C6H4Cl2O/c2*7-4-1-2-6(9)5(8)3-4/h2*1-3,9H. The molecule has 0 atom stereocenters. The van der Waals surface area contributed by atoms with Crippen LogP contribution in [0, 0.1) is 0 Å². The predicted molar refractivity (Wildman–Crippen MR) is 76.3 cm³/mol. The van der Waals surface area contributed by atoms with Gasteiger partial charge in [-0.25, -0.2) is 0 Å². The molecule has 18 heavy (non-hydrogen) atoms. The highest BCUT2D eigenvalue weighted by molar-refractivity contribution is 6.36. The second-order valence-electron chi connectivity index (χ2n) is 3.19. The van der Waals surface area contributed by atoms with Crippen LogP contribution in [0.4, 0.5) is 0 Å². The minimum atomic E-state index is 0.0565. The first kappa shape index (κ1) is 15.3. The Morgan fingerprint density at radius 1 is 0.611 bits per heavy atom. The van der Waals surface area contributed by atoms with Crippen molar-refractivity contribution in [3.63, 3.8) is 0 Å². The topological polar surface area (TPSA) is 40.5 Å². The van der Waals surface area contributed by atoms with Crippen LogP contribution in [0.5, 0.6) is 11.5 Å². The van der Waals surface area contributed by atoms with Crippen LogP contribution in [0.3, 0.4) is 0 Å². The summed E-state index contributed by atoms with van der Waals surface area (Å²) in [6.07, 6.45) is 0. The molecular formula is C12H8Cl4O2. The van der Waals surface area contributed by atoms with Gasteiger partial charge < -0.3 is 10.2 Å². The van der Waals surface area contributed by atoms with Gasteiger partial charge in [0, 0.05) is 10.0 Å². The summed E-state index contributed by atoms with van der Waals surface area (Å²) in [5.74, 6) is 0.113. The molecule has 0 amide bonds. The van der Waals surface area contributed by atoms with E-state index < -0.39 is 0 Å². The molecule has 6 heteroatoms. The fraction of sp³-hybridized carbons (Fsp3) is 0. The molecule has 0 heterocycles. The van der Waals surface area contributed by atoms with E-state index in [1.54, 1.807) is 12.1 Å². The fourth-order valence-electron chi connectivity index (χ4n) is 0.963. The average Bonchev–Trinajstić information content (AvgIpc) is 2.30. The quantitative estimate of drug-likeness (QED) is 0.681. The molecule has 0 saturated heterocycles. The molecule has 2 aromatic carbocycles. The SMILES string of the molecule is Oc1ccc(Cl)cc1Cl.Oc1ccc(Cl)cc1Cl. The molecule has 0 saturated carbocycles. The van der Waals surface area contributed by atoms with Gasteiger partial charge in [0.05, 0.1) is 10.0 Å². The first-order chi connectivity index (χ1) is 8.40. The van der Waals surface area contributed by atoms with Crippen molar-refractivity contribution in [3.8, 4) is 11.5 Å². The van der Waals surface area contributed by atoms with Crippen molar-refractivity contribution in [3.05, 3.63) is 56.5 Å². The van der Waals surface area contributed by atoms with E-state index in [1.807, 2.05) is 0 Å². The monoisotopic (exact) mass is 324 g/mol. The molecule has 0 aliphatic heterocycles. The molecule has 0 bridgehead atoms. The van der Waals surface area contributed by atoms with Crippen LogP contribution < -0.4 is 0 Å². The van der Waals surface area contributed by atoms with E-state index in [0.717, 1.165) is 0 Å². The summed E-state index contributed by atoms with van der Waals surface area (Å²) in [4.78, 5) is 0. The number of aromatic hydroxyl groups is 2. The first-order valence-electron chi connectivity index (χ1n) is 4.68. The van der Waals surface area contributed by atoms with Gasteiger partial charge in [-0.3, -0.25) is 0 Å². The van der Waals surface area contributed by atoms with Gasteiger partial charge in [0.15, 0.2) is 0 Å². The molecule has 0 aliphatic carbocycles. The molecule has 0 fully saturated rings. The van der Waals surface area contributed by atoms with Crippen LogP contribution in [0.2, 0.25) is 20.1 Å². The van der Waals surface area contributed by atoms with Gasteiger partial charge in [-0.1, -0.05) is 46.4 Å². The van der Waals surface area contributed by atoms with E-state index in [0.29, 0.717) is 10.0 Å². The molecular weight excluding hydrogens is 318 g/mol. The number of halogens is 4. The van der Waals surface area contributed by atoms with Gasteiger partial charge in [0.25, 0.3) is 0 Å². The van der Waals surface area contributed by atoms with Gasteiger partial charge in [-0.05, 0) is 36.4 Å². The molecule has 0 radical (unpaired) electrons. The maximum atomic E-state index is 8.85. The van der Waals surface area contributed by atoms with Gasteiger partial charge in [0.1, 0.15) is 11.5 Å². The summed E-state index contributed by atoms with van der Waals surface area (Å²) >= 11 is 22.0. The Morgan fingerprint density at radius 2 is 0.944 bits per heavy atom. The third-order valence-corrected chi connectivity index (χ3v) is 2.90. The lowest BCUT2D eigenvalue weighted by Crippen LogP contribution is -1.66. The highest BCUT2D eigenvalue weighted by Crippen LogP contribution is 2.26. The normalized spacial score (nSPS) is 9.56. The summed E-state index contributed by atoms with van der Waals surface area (Å²) in [6.45, 7) is 0. The number of benzene rings is 2. The zero-order chi connectivity index (χ0) is 13.7. The fourth-order valence-corrected chi connectivity index (χ4v) is 1.78. The smallest absolute Gasteiger partial charge is 0.134 e. The second-order valence-corrected chi connectivity index (χ2v) is 4.88. The Bertz CT molecular complexity index is 494. The zero-order valence-corrected chi connectivity index (χ0v) is 11.9. The van der Waals surface area contributed by atoms with Crippen LogP contribution >= 0.6 is 46.4 Å². The Kier molecular flexibility index (Phi) is 5.89. The van der Waals surface area contributed by atoms with Crippen LogP contribution in [0.15, 0.2) is 36.4 Å². The van der Waals surface area contributed by atoms with Gasteiger partial charge >= 0.3 is 0 Å². The lowest BCUT2D eigenvalue weighted by atomic mass is 10.3. The van der Waals surface area contributed by atoms with Crippen molar-refractivity contribution in [2.75, 3.05) is 0 Å². The summed E-state index contributed by atoms with van der Waals surface area (Å²) in [6, 6.07) is 9.01. The predicted octanol–water partition coefficient (Wildman–Crippen LogP) is 5.40. The van der Waals surface area contributed by atoms with E-state index in [1.165, 1.54) is 24.3 Å². The molecule has 2 N–H and O–H groups in total. The van der Waals surface area contributed by atoms with Crippen LogP contribution in [0.1, 0.15) is 0 Å². The lowest BCUT2D eigenvalue weighted by molar-refractivity contribution is 0.475. The Morgan fingerprint density at radius 3 is 1.17 bits per heavy atom. The highest BCUT2D eigenvalue weighted by Gasteiger charge is 1.96. The maximum Gasteiger partial charge on any atom is 0.134 e. The van der Waals surface area contributed by atoms with Gasteiger partial charge in [-0.2, -0.15) is 0 Å². The largest absolute Gasteiger partial charge is 0.506 e. The lowest BCUT2D eigenvalue weighted by Gasteiger charge is -1.93. The Balaban J connectivity index is 0.000000180. The molecule has 2 rings (SSSR count). The van der Waals surface area contributed by atoms with E-state index >= 15 is 0 Å². The zero-order valence-electron chi connectivity index (χ0n) is 8.87. The third kappa shape index (κ3) is 4.83. The number of hydrogen-bond donors (Lipinski definition) is 2. The minimum absolute atomic E-state index is 0.0565. The van der Waals surface area contributed by atoms with Gasteiger partial charge in [-0.15, -0.1) is 0 Å². The van der Waals surface area contributed by atoms with E-state index in [9.17, 15) is 0 Å². The molecule has 2 nitrogen and oxygen atoms in total. The van der Waals surface area contributed by atoms with E-state index in [-0.39, 0.29) is 21.5 Å². The number of phenols is 2. The minimum Gasteiger partial charge on any atom is -0.506 e. The Hall–Kier alpha value is -0.800. The van der Waals surface area contributed by atoms with Crippen LogP contribution in [-0.4, -0.2) is 10.2 Å². The van der Waals surface area contributed by atoms with Gasteiger partial charge in [0.2, 0.25) is 0 Å². The molecule has 0 aliphatic rings. The van der Waals surface area contributed by atoms with Crippen molar-refractivity contribution in [2.45, 2.75) is 0 Å². The molecule has 0 unspecified atom stereocenters. The summed E-state index contributed by atoms with van der Waals surface area (Å²) < 4.78 is 0. The van der Waals surface area contributed by atoms with Crippen LogP contribution in [0.25, 0.3) is 0 Å². The summed E-state index contributed by atoms with van der Waals surface area (Å²) in [5, 5.41) is 19.3. The van der Waals surface area contributed by atoms with E-state index in [4.69, 9.17) is 56.6 Å². The maximum absolute atomic E-state index is 8.85. The molecule has 96 valence electrons. The van der Waals surface area contributed by atoms with Crippen molar-refractivity contribution in [1.29, 1.82) is 0 Å². The molecule has 0 spiro atoms. The first-order valence-corrected chi connectivity index (χ1v) is 6.19. The third-order valence-electron chi connectivity index (χ3n) is 1.82. The average molecular weight is 326 g/mol. The van der Waals surface area contributed by atoms with Crippen molar-refractivity contribution < 1.29 is 10.2 Å². The Labute approximate surface area is 124 Å². The van der Waals surface area contributed by atoms with Crippen molar-refractivity contribution in [2.24, 2.45) is 0 Å². The summed E-state index contributed by atoms with van der Waals surface area (Å²) in [5.41, 5.74) is 0. The molecule has 2 aromatic rings. The molecule has 0 aromatic heterocycles. The number of hydrogen-bond acceptors (Lipinski definition) is 2. The van der Waals surface area contributed by atoms with Crippen molar-refractivity contribution in [1.82, 2.24) is 0 Å². The number of rotatable bonds is 0.